The first kappa shape index (κ1) is 16.0. The fourth-order valence-corrected chi connectivity index (χ4v) is 2.65. The maximum Gasteiger partial charge on any atom is 0.274 e. The van der Waals surface area contributed by atoms with Crippen molar-refractivity contribution < 1.29 is 9.53 Å². The number of carbonyl (C=O) groups excluding carboxylic acids is 1. The number of methoxy groups -OCH3 is 1. The lowest BCUT2D eigenvalue weighted by Crippen LogP contribution is -2.16. The number of ether oxygens (including phenoxy) is 1. The molecule has 0 aliphatic carbocycles. The molecule has 0 unspecified atom stereocenters. The van der Waals surface area contributed by atoms with E-state index in [1.807, 2.05) is 36.5 Å². The first-order valence-electron chi connectivity index (χ1n) is 7.66. The Kier molecular flexibility index (Phi) is 4.48. The van der Waals surface area contributed by atoms with Gasteiger partial charge in [-0.1, -0.05) is 12.1 Å². The minimum Gasteiger partial charge on any atom is -0.384 e. The second-order valence-corrected chi connectivity index (χ2v) is 5.59. The molecule has 0 atom stereocenters. The number of aromatic nitrogens is 2. The Labute approximate surface area is 139 Å². The van der Waals surface area contributed by atoms with Crippen LogP contribution in [0.2, 0.25) is 0 Å². The molecule has 0 radical (unpaired) electrons. The zero-order valence-corrected chi connectivity index (χ0v) is 13.6. The summed E-state index contributed by atoms with van der Waals surface area (Å²) in [5.41, 5.74) is 3.21. The van der Waals surface area contributed by atoms with Crippen LogP contribution in [0.15, 0.2) is 47.5 Å². The van der Waals surface area contributed by atoms with E-state index < -0.39 is 0 Å². The molecule has 2 heterocycles. The molecule has 0 bridgehead atoms. The first-order valence-corrected chi connectivity index (χ1v) is 7.66. The standard InChI is InChI=1S/C18H19N3O3/c1-21-11-15(14-7-9-19-17(14)18(21)23)12-3-5-13(6-4-12)20-16(22)8-10-24-2/h3-7,9,11,19H,8,10H2,1-2H3,(H,20,22). The molecule has 0 fully saturated rings. The van der Waals surface area contributed by atoms with Gasteiger partial charge in [-0.25, -0.2) is 0 Å². The molecule has 0 aliphatic rings. The van der Waals surface area contributed by atoms with Crippen LogP contribution in [0, 0.1) is 0 Å². The van der Waals surface area contributed by atoms with Crippen LogP contribution in [0.4, 0.5) is 5.69 Å². The summed E-state index contributed by atoms with van der Waals surface area (Å²) in [6.45, 7) is 0.396. The van der Waals surface area contributed by atoms with Crippen molar-refractivity contribution in [3.8, 4) is 11.1 Å². The summed E-state index contributed by atoms with van der Waals surface area (Å²) in [6, 6.07) is 9.45. The predicted molar refractivity (Wildman–Crippen MR) is 94.1 cm³/mol. The molecule has 1 aromatic carbocycles. The van der Waals surface area contributed by atoms with Crippen LogP contribution in [0.25, 0.3) is 22.0 Å². The van der Waals surface area contributed by atoms with Gasteiger partial charge in [-0.2, -0.15) is 0 Å². The molecule has 24 heavy (non-hydrogen) atoms. The van der Waals surface area contributed by atoms with E-state index in [2.05, 4.69) is 10.3 Å². The predicted octanol–water partition coefficient (Wildman–Crippen LogP) is 2.51. The Morgan fingerprint density at radius 3 is 2.71 bits per heavy atom. The van der Waals surface area contributed by atoms with Crippen LogP contribution in [0.1, 0.15) is 6.42 Å². The number of carbonyl (C=O) groups is 1. The van der Waals surface area contributed by atoms with Gasteiger partial charge in [0.25, 0.3) is 5.56 Å². The second-order valence-electron chi connectivity index (χ2n) is 5.59. The van der Waals surface area contributed by atoms with Crippen molar-refractivity contribution in [2.24, 2.45) is 7.05 Å². The van der Waals surface area contributed by atoms with E-state index in [1.54, 1.807) is 24.9 Å². The number of hydrogen-bond donors (Lipinski definition) is 2. The zero-order valence-electron chi connectivity index (χ0n) is 13.6. The lowest BCUT2D eigenvalue weighted by Gasteiger charge is -2.09. The third kappa shape index (κ3) is 3.09. The summed E-state index contributed by atoms with van der Waals surface area (Å²) < 4.78 is 6.45. The van der Waals surface area contributed by atoms with Gasteiger partial charge in [-0.05, 0) is 23.8 Å². The van der Waals surface area contributed by atoms with Crippen molar-refractivity contribution in [2.45, 2.75) is 6.42 Å². The number of benzene rings is 1. The lowest BCUT2D eigenvalue weighted by molar-refractivity contribution is -0.117. The van der Waals surface area contributed by atoms with Crippen LogP contribution in [-0.2, 0) is 16.6 Å². The Morgan fingerprint density at radius 1 is 1.25 bits per heavy atom. The highest BCUT2D eigenvalue weighted by atomic mass is 16.5. The number of anilines is 1. The summed E-state index contributed by atoms with van der Waals surface area (Å²) in [5.74, 6) is -0.0836. The minimum atomic E-state index is -0.0836. The van der Waals surface area contributed by atoms with Gasteiger partial charge in [0.2, 0.25) is 5.91 Å². The van der Waals surface area contributed by atoms with E-state index in [0.29, 0.717) is 18.5 Å². The number of aryl methyl sites for hydroxylation is 1. The fraction of sp³-hybridized carbons (Fsp3) is 0.222. The van der Waals surface area contributed by atoms with Crippen LogP contribution in [0.3, 0.4) is 0 Å². The Balaban J connectivity index is 1.89. The first-order chi connectivity index (χ1) is 11.6. The number of nitrogens with zero attached hydrogens (tertiary/aromatic N) is 1. The number of H-pyrrole nitrogens is 1. The normalized spacial score (nSPS) is 10.9. The average molecular weight is 325 g/mol. The summed E-state index contributed by atoms with van der Waals surface area (Å²) >= 11 is 0. The van der Waals surface area contributed by atoms with Gasteiger partial charge in [-0.15, -0.1) is 0 Å². The van der Waals surface area contributed by atoms with Gasteiger partial charge in [0.15, 0.2) is 0 Å². The van der Waals surface area contributed by atoms with Crippen LogP contribution < -0.4 is 10.9 Å². The van der Waals surface area contributed by atoms with Crippen molar-refractivity contribution >= 4 is 22.5 Å². The summed E-state index contributed by atoms with van der Waals surface area (Å²) in [6.07, 6.45) is 3.91. The SMILES string of the molecule is COCCC(=O)Nc1ccc(-c2cn(C)c(=O)c3[nH]ccc23)cc1. The summed E-state index contributed by atoms with van der Waals surface area (Å²) in [7, 11) is 3.30. The molecule has 6 nitrogen and oxygen atoms in total. The van der Waals surface area contributed by atoms with E-state index >= 15 is 0 Å². The van der Waals surface area contributed by atoms with Gasteiger partial charge in [-0.3, -0.25) is 9.59 Å². The topological polar surface area (TPSA) is 76.1 Å². The quantitative estimate of drug-likeness (QED) is 0.757. The number of nitrogens with one attached hydrogen (secondary N) is 2. The highest BCUT2D eigenvalue weighted by Crippen LogP contribution is 2.27. The fourth-order valence-electron chi connectivity index (χ4n) is 2.65. The van der Waals surface area contributed by atoms with E-state index in [-0.39, 0.29) is 11.5 Å². The Morgan fingerprint density at radius 2 is 2.00 bits per heavy atom. The average Bonchev–Trinajstić information content (AvgIpc) is 3.07. The molecule has 2 aromatic heterocycles. The third-order valence-corrected chi connectivity index (χ3v) is 3.91. The maximum absolute atomic E-state index is 12.1. The van der Waals surface area contributed by atoms with E-state index in [9.17, 15) is 9.59 Å². The van der Waals surface area contributed by atoms with Crippen LogP contribution in [-0.4, -0.2) is 29.2 Å². The summed E-state index contributed by atoms with van der Waals surface area (Å²) in [5, 5.41) is 3.71. The number of rotatable bonds is 5. The molecule has 1 amide bonds. The van der Waals surface area contributed by atoms with Gasteiger partial charge in [0.1, 0.15) is 5.52 Å². The van der Waals surface area contributed by atoms with E-state index in [4.69, 9.17) is 4.74 Å². The molecule has 0 aliphatic heterocycles. The molecule has 6 heteroatoms. The van der Waals surface area contributed by atoms with E-state index in [0.717, 1.165) is 22.2 Å². The number of hydrogen-bond acceptors (Lipinski definition) is 3. The highest BCUT2D eigenvalue weighted by molar-refractivity contribution is 5.95. The monoisotopic (exact) mass is 325 g/mol. The van der Waals surface area contributed by atoms with Crippen molar-refractivity contribution in [1.29, 1.82) is 0 Å². The summed E-state index contributed by atoms with van der Waals surface area (Å²) in [4.78, 5) is 26.8. The van der Waals surface area contributed by atoms with Crippen molar-refractivity contribution in [3.05, 3.63) is 53.1 Å². The molecule has 3 aromatic rings. The lowest BCUT2D eigenvalue weighted by atomic mass is 10.0. The van der Waals surface area contributed by atoms with Gasteiger partial charge in [0, 0.05) is 43.2 Å². The van der Waals surface area contributed by atoms with E-state index in [1.165, 1.54) is 0 Å². The van der Waals surface area contributed by atoms with Crippen molar-refractivity contribution in [1.82, 2.24) is 9.55 Å². The van der Waals surface area contributed by atoms with Gasteiger partial charge in [0.05, 0.1) is 13.0 Å². The third-order valence-electron chi connectivity index (χ3n) is 3.91. The van der Waals surface area contributed by atoms with Crippen LogP contribution in [0.5, 0.6) is 0 Å². The molecule has 0 spiro atoms. The number of pyridine rings is 1. The molecule has 2 N–H and O–H groups in total. The highest BCUT2D eigenvalue weighted by Gasteiger charge is 2.10. The minimum absolute atomic E-state index is 0.0548. The Bertz CT molecular complexity index is 923. The maximum atomic E-state index is 12.1. The van der Waals surface area contributed by atoms with Crippen molar-refractivity contribution in [2.75, 3.05) is 19.0 Å². The molecule has 3 rings (SSSR count). The molecular formula is C18H19N3O3. The Hall–Kier alpha value is -2.86. The molecule has 124 valence electrons. The molecule has 0 saturated heterocycles. The molecular weight excluding hydrogens is 306 g/mol. The molecule has 0 saturated carbocycles. The largest absolute Gasteiger partial charge is 0.384 e. The van der Waals surface area contributed by atoms with Crippen molar-refractivity contribution in [3.63, 3.8) is 0 Å². The zero-order chi connectivity index (χ0) is 17.1. The number of amides is 1. The van der Waals surface area contributed by atoms with Gasteiger partial charge < -0.3 is 19.6 Å². The smallest absolute Gasteiger partial charge is 0.274 e. The number of fused-ring (bicyclic) bond motifs is 1. The van der Waals surface area contributed by atoms with Crippen LogP contribution >= 0.6 is 0 Å². The second kappa shape index (κ2) is 6.72. The number of aromatic amines is 1. The van der Waals surface area contributed by atoms with Gasteiger partial charge >= 0.3 is 0 Å².